The maximum Gasteiger partial charge on any atom is 0.431 e. The average Bonchev–Trinajstić information content (AvgIpc) is 2.78. The number of hydrogen-bond donors (Lipinski definition) is 2. The first-order chi connectivity index (χ1) is 15.5. The third-order valence-electron chi connectivity index (χ3n) is 5.27. The molecule has 0 saturated heterocycles. The summed E-state index contributed by atoms with van der Waals surface area (Å²) >= 11 is 0. The lowest BCUT2D eigenvalue weighted by Gasteiger charge is -2.29. The summed E-state index contributed by atoms with van der Waals surface area (Å²) in [6.45, 7) is 1.56. The number of rotatable bonds is 7. The smallest absolute Gasteiger partial charge is 0.326 e. The first kappa shape index (κ1) is 24.4. The van der Waals surface area contributed by atoms with E-state index in [1.54, 1.807) is 31.2 Å². The molecule has 9 heteroatoms. The Morgan fingerprint density at radius 3 is 1.91 bits per heavy atom. The molecular weight excluding hydrogens is 458 g/mol. The summed E-state index contributed by atoms with van der Waals surface area (Å²) in [6.07, 6.45) is -5.21. The standard InChI is InChI=1S/C24H21F4NO3S/c1-16(33(31)32)18-9-7-17(8-10-18)15-22(30)29-21-13-11-20(12-14-21)23(25,24(26,27)28)19-5-3-2-4-6-19/h2-14,16,33H,15H2,1H3,(H,29,30). The fourth-order valence-corrected chi connectivity index (χ4v) is 3.79. The molecule has 0 saturated carbocycles. The van der Waals surface area contributed by atoms with Gasteiger partial charge in [0.2, 0.25) is 5.91 Å². The minimum atomic E-state index is -5.18. The molecule has 2 unspecified atom stereocenters. The third kappa shape index (κ3) is 5.42. The van der Waals surface area contributed by atoms with E-state index >= 15 is 4.39 Å². The van der Waals surface area contributed by atoms with Crippen LogP contribution in [0.3, 0.4) is 0 Å². The maximum atomic E-state index is 15.3. The van der Waals surface area contributed by atoms with Gasteiger partial charge in [-0.05, 0) is 30.2 Å². The van der Waals surface area contributed by atoms with Crippen LogP contribution in [0.2, 0.25) is 0 Å². The summed E-state index contributed by atoms with van der Waals surface area (Å²) in [5.41, 5.74) is -3.37. The second-order valence-electron chi connectivity index (χ2n) is 7.53. The molecule has 0 radical (unpaired) electrons. The Morgan fingerprint density at radius 2 is 1.39 bits per heavy atom. The van der Waals surface area contributed by atoms with Gasteiger partial charge in [0.05, 0.1) is 11.7 Å². The molecule has 3 aromatic carbocycles. The molecule has 33 heavy (non-hydrogen) atoms. The number of halogens is 4. The summed E-state index contributed by atoms with van der Waals surface area (Å²) < 4.78 is 78.5. The SMILES string of the molecule is CC(c1ccc(CC(=O)Nc2ccc(C(F)(c3ccccc3)C(F)(F)F)cc2)cc1)[SH](=O)=O. The number of carbonyl (C=O) groups is 1. The van der Waals surface area contributed by atoms with E-state index in [1.165, 1.54) is 30.3 Å². The van der Waals surface area contributed by atoms with E-state index in [1.807, 2.05) is 0 Å². The fourth-order valence-electron chi connectivity index (χ4n) is 3.37. The Morgan fingerprint density at radius 1 is 0.848 bits per heavy atom. The van der Waals surface area contributed by atoms with Crippen LogP contribution in [0.1, 0.15) is 34.4 Å². The molecule has 1 amide bonds. The number of hydrogen-bond acceptors (Lipinski definition) is 3. The number of thiol groups is 1. The second kappa shape index (κ2) is 9.74. The fraction of sp³-hybridized carbons (Fsp3) is 0.208. The number of anilines is 1. The largest absolute Gasteiger partial charge is 0.431 e. The highest BCUT2D eigenvalue weighted by Gasteiger charge is 2.58. The van der Waals surface area contributed by atoms with E-state index in [-0.39, 0.29) is 12.1 Å². The van der Waals surface area contributed by atoms with Crippen LogP contribution in [0.15, 0.2) is 78.9 Å². The van der Waals surface area contributed by atoms with Crippen molar-refractivity contribution >= 4 is 22.3 Å². The molecule has 174 valence electrons. The van der Waals surface area contributed by atoms with Gasteiger partial charge >= 0.3 is 6.18 Å². The predicted octanol–water partition coefficient (Wildman–Crippen LogP) is 5.32. The van der Waals surface area contributed by atoms with Gasteiger partial charge in [-0.3, -0.25) is 4.79 Å². The molecule has 2 atom stereocenters. The van der Waals surface area contributed by atoms with Crippen molar-refractivity contribution in [1.82, 2.24) is 0 Å². The van der Waals surface area contributed by atoms with Crippen molar-refractivity contribution in [3.05, 3.63) is 101 Å². The number of amides is 1. The van der Waals surface area contributed by atoms with E-state index in [0.29, 0.717) is 11.1 Å². The van der Waals surface area contributed by atoms with Crippen LogP contribution in [0, 0.1) is 0 Å². The number of alkyl halides is 4. The molecule has 0 spiro atoms. The summed E-state index contributed by atoms with van der Waals surface area (Å²) in [5, 5.41) is 1.92. The Labute approximate surface area is 190 Å². The molecular formula is C24H21F4NO3S. The van der Waals surface area contributed by atoms with Gasteiger partial charge in [0.1, 0.15) is 10.7 Å². The van der Waals surface area contributed by atoms with Crippen LogP contribution in [0.25, 0.3) is 0 Å². The molecule has 0 bridgehead atoms. The minimum absolute atomic E-state index is 0.0282. The lowest BCUT2D eigenvalue weighted by atomic mass is 9.87. The zero-order chi connectivity index (χ0) is 24.2. The molecule has 0 aliphatic heterocycles. The summed E-state index contributed by atoms with van der Waals surface area (Å²) in [6, 6.07) is 17.2. The van der Waals surface area contributed by atoms with Gasteiger partial charge in [0.15, 0.2) is 0 Å². The molecule has 3 rings (SSSR count). The molecule has 0 aliphatic carbocycles. The third-order valence-corrected chi connectivity index (χ3v) is 6.20. The van der Waals surface area contributed by atoms with E-state index in [2.05, 4.69) is 5.32 Å². The zero-order valence-electron chi connectivity index (χ0n) is 17.5. The quantitative estimate of drug-likeness (QED) is 0.356. The van der Waals surface area contributed by atoms with Gasteiger partial charge < -0.3 is 5.32 Å². The second-order valence-corrected chi connectivity index (χ2v) is 8.87. The number of benzene rings is 3. The van der Waals surface area contributed by atoms with Crippen molar-refractivity contribution in [2.75, 3.05) is 5.32 Å². The monoisotopic (exact) mass is 479 g/mol. The van der Waals surface area contributed by atoms with Crippen molar-refractivity contribution in [1.29, 1.82) is 0 Å². The van der Waals surface area contributed by atoms with Gasteiger partial charge in [0.25, 0.3) is 5.67 Å². The van der Waals surface area contributed by atoms with Gasteiger partial charge in [-0.1, -0.05) is 66.7 Å². The van der Waals surface area contributed by atoms with Crippen LogP contribution in [0.4, 0.5) is 23.2 Å². The summed E-state index contributed by atoms with van der Waals surface area (Å²) in [7, 11) is -2.61. The summed E-state index contributed by atoms with van der Waals surface area (Å²) in [5.74, 6) is -0.427. The highest BCUT2D eigenvalue weighted by atomic mass is 32.2. The highest BCUT2D eigenvalue weighted by molar-refractivity contribution is 7.72. The Balaban J connectivity index is 1.73. The van der Waals surface area contributed by atoms with Crippen molar-refractivity contribution in [2.24, 2.45) is 0 Å². The van der Waals surface area contributed by atoms with Gasteiger partial charge in [0, 0.05) is 16.8 Å². The minimum Gasteiger partial charge on any atom is -0.326 e. The van der Waals surface area contributed by atoms with Crippen molar-refractivity contribution in [3.8, 4) is 0 Å². The molecule has 0 aromatic heterocycles. The van der Waals surface area contributed by atoms with Gasteiger partial charge in [-0.2, -0.15) is 13.2 Å². The molecule has 4 nitrogen and oxygen atoms in total. The highest BCUT2D eigenvalue weighted by Crippen LogP contribution is 2.47. The zero-order valence-corrected chi connectivity index (χ0v) is 18.4. The predicted molar refractivity (Wildman–Crippen MR) is 118 cm³/mol. The van der Waals surface area contributed by atoms with Crippen molar-refractivity contribution in [3.63, 3.8) is 0 Å². The van der Waals surface area contributed by atoms with E-state index in [4.69, 9.17) is 0 Å². The molecule has 0 heterocycles. The van der Waals surface area contributed by atoms with Gasteiger partial charge in [-0.15, -0.1) is 0 Å². The van der Waals surface area contributed by atoms with Gasteiger partial charge in [-0.25, -0.2) is 12.8 Å². The molecule has 3 aromatic rings. The first-order valence-electron chi connectivity index (χ1n) is 9.96. The van der Waals surface area contributed by atoms with E-state index in [0.717, 1.165) is 24.3 Å². The Hall–Kier alpha value is -3.20. The lowest BCUT2D eigenvalue weighted by Crippen LogP contribution is -2.39. The molecule has 1 N–H and O–H groups in total. The van der Waals surface area contributed by atoms with Crippen LogP contribution in [-0.4, -0.2) is 20.5 Å². The average molecular weight is 479 g/mol. The Kier molecular flexibility index (Phi) is 7.22. The van der Waals surface area contributed by atoms with E-state index in [9.17, 15) is 26.4 Å². The van der Waals surface area contributed by atoms with E-state index < -0.39 is 44.8 Å². The van der Waals surface area contributed by atoms with Crippen LogP contribution < -0.4 is 5.32 Å². The lowest BCUT2D eigenvalue weighted by molar-refractivity contribution is -0.219. The normalized spacial score (nSPS) is 14.5. The van der Waals surface area contributed by atoms with Crippen LogP contribution in [-0.2, 0) is 27.6 Å². The first-order valence-corrected chi connectivity index (χ1v) is 11.2. The topological polar surface area (TPSA) is 63.2 Å². The van der Waals surface area contributed by atoms with Crippen molar-refractivity contribution in [2.45, 2.75) is 30.4 Å². The van der Waals surface area contributed by atoms with Crippen molar-refractivity contribution < 1.29 is 30.8 Å². The number of carbonyl (C=O) groups excluding carboxylic acids is 1. The summed E-state index contributed by atoms with van der Waals surface area (Å²) in [4.78, 5) is 12.3. The maximum absolute atomic E-state index is 15.3. The molecule has 0 aliphatic rings. The molecule has 0 fully saturated rings. The number of nitrogens with one attached hydrogen (secondary N) is 1. The van der Waals surface area contributed by atoms with Crippen LogP contribution in [0.5, 0.6) is 0 Å². The Bertz CT molecular complexity index is 1170. The van der Waals surface area contributed by atoms with Crippen LogP contribution >= 0.6 is 0 Å².